The summed E-state index contributed by atoms with van der Waals surface area (Å²) < 4.78 is 26.1. The molecule has 0 radical (unpaired) electrons. The number of hydrogen-bond acceptors (Lipinski definition) is 3. The lowest BCUT2D eigenvalue weighted by Crippen LogP contribution is -2.46. The lowest BCUT2D eigenvalue weighted by molar-refractivity contribution is 0.572. The Bertz CT molecular complexity index is 513. The summed E-state index contributed by atoms with van der Waals surface area (Å²) in [7, 11) is -3.24. The number of nitrogens with two attached hydrogens (primary N) is 1. The van der Waals surface area contributed by atoms with Crippen LogP contribution in [0.4, 0.5) is 5.69 Å². The first kappa shape index (κ1) is 13.4. The monoisotopic (exact) mass is 268 g/mol. The van der Waals surface area contributed by atoms with Crippen LogP contribution >= 0.6 is 0 Å². The summed E-state index contributed by atoms with van der Waals surface area (Å²) in [6.45, 7) is 2.38. The van der Waals surface area contributed by atoms with E-state index in [4.69, 9.17) is 5.73 Å². The van der Waals surface area contributed by atoms with Crippen LogP contribution in [0.3, 0.4) is 0 Å². The molecule has 2 rings (SSSR count). The van der Waals surface area contributed by atoms with Gasteiger partial charge in [-0.1, -0.05) is 31.5 Å². The van der Waals surface area contributed by atoms with Crippen molar-refractivity contribution in [3.05, 3.63) is 29.8 Å². The highest BCUT2D eigenvalue weighted by atomic mass is 32.2. The van der Waals surface area contributed by atoms with Crippen LogP contribution < -0.4 is 10.0 Å². The van der Waals surface area contributed by atoms with E-state index in [1.165, 1.54) is 4.31 Å². The molecule has 1 heterocycles. The Labute approximate surface area is 109 Å². The number of para-hydroxylation sites is 1. The highest BCUT2D eigenvalue weighted by molar-refractivity contribution is 7.92. The first-order chi connectivity index (χ1) is 8.54. The van der Waals surface area contributed by atoms with Crippen molar-refractivity contribution in [3.8, 4) is 0 Å². The maximum Gasteiger partial charge on any atom is 0.235 e. The fraction of sp³-hybridized carbons (Fsp3) is 0.538. The van der Waals surface area contributed by atoms with E-state index >= 15 is 0 Å². The zero-order valence-corrected chi connectivity index (χ0v) is 11.5. The molecule has 0 aromatic heterocycles. The molecule has 0 saturated heterocycles. The van der Waals surface area contributed by atoms with E-state index in [0.29, 0.717) is 13.0 Å². The second kappa shape index (κ2) is 5.28. The second-order valence-electron chi connectivity index (χ2n) is 4.79. The smallest absolute Gasteiger partial charge is 0.235 e. The molecule has 2 N–H and O–H groups in total. The molecule has 18 heavy (non-hydrogen) atoms. The van der Waals surface area contributed by atoms with Crippen molar-refractivity contribution in [1.29, 1.82) is 0 Å². The van der Waals surface area contributed by atoms with Gasteiger partial charge in [-0.2, -0.15) is 0 Å². The van der Waals surface area contributed by atoms with Crippen molar-refractivity contribution < 1.29 is 8.42 Å². The molecule has 0 amide bonds. The van der Waals surface area contributed by atoms with E-state index in [1.54, 1.807) is 0 Å². The Hall–Kier alpha value is -1.07. The molecule has 1 aliphatic rings. The van der Waals surface area contributed by atoms with Crippen LogP contribution in [-0.2, 0) is 16.4 Å². The van der Waals surface area contributed by atoms with Crippen LogP contribution in [0.25, 0.3) is 0 Å². The van der Waals surface area contributed by atoms with Gasteiger partial charge in [0, 0.05) is 12.6 Å². The van der Waals surface area contributed by atoms with Gasteiger partial charge in [-0.3, -0.25) is 4.31 Å². The molecule has 1 aromatic rings. The van der Waals surface area contributed by atoms with Gasteiger partial charge in [-0.25, -0.2) is 8.42 Å². The summed E-state index contributed by atoms with van der Waals surface area (Å²) in [5.74, 6) is 0.199. The molecular formula is C13H20N2O2S. The van der Waals surface area contributed by atoms with E-state index in [9.17, 15) is 8.42 Å². The van der Waals surface area contributed by atoms with Crippen molar-refractivity contribution in [2.24, 2.45) is 5.73 Å². The van der Waals surface area contributed by atoms with Crippen LogP contribution in [-0.4, -0.2) is 26.8 Å². The molecule has 0 aliphatic carbocycles. The first-order valence-electron chi connectivity index (χ1n) is 6.38. The lowest BCUT2D eigenvalue weighted by Gasteiger charge is -2.33. The molecule has 5 heteroatoms. The first-order valence-corrected chi connectivity index (χ1v) is 7.99. The number of rotatable bonds is 4. The Balaban J connectivity index is 2.34. The summed E-state index contributed by atoms with van der Waals surface area (Å²) >= 11 is 0. The fourth-order valence-electron chi connectivity index (χ4n) is 2.29. The highest BCUT2D eigenvalue weighted by Gasteiger charge is 2.29. The third-order valence-electron chi connectivity index (χ3n) is 3.23. The molecule has 1 aromatic carbocycles. The van der Waals surface area contributed by atoms with Gasteiger partial charge in [0.15, 0.2) is 0 Å². The van der Waals surface area contributed by atoms with Gasteiger partial charge in [0.2, 0.25) is 10.0 Å². The molecule has 1 aliphatic heterocycles. The van der Waals surface area contributed by atoms with Gasteiger partial charge in [0.1, 0.15) is 0 Å². The average molecular weight is 268 g/mol. The minimum absolute atomic E-state index is 0.115. The molecule has 100 valence electrons. The second-order valence-corrected chi connectivity index (χ2v) is 6.81. The summed E-state index contributed by atoms with van der Waals surface area (Å²) in [5.41, 5.74) is 7.78. The van der Waals surface area contributed by atoms with Crippen molar-refractivity contribution in [3.63, 3.8) is 0 Å². The van der Waals surface area contributed by atoms with E-state index in [2.05, 4.69) is 0 Å². The minimum Gasteiger partial charge on any atom is -0.326 e. The number of nitrogens with zero attached hydrogens (tertiary/aromatic N) is 1. The van der Waals surface area contributed by atoms with Gasteiger partial charge in [-0.15, -0.1) is 0 Å². The van der Waals surface area contributed by atoms with Crippen molar-refractivity contribution >= 4 is 15.7 Å². The molecule has 1 atom stereocenters. The summed E-state index contributed by atoms with van der Waals surface area (Å²) in [6, 6.07) is 7.50. The molecule has 1 unspecified atom stereocenters. The zero-order chi connectivity index (χ0) is 13.2. The van der Waals surface area contributed by atoms with Crippen LogP contribution in [0.1, 0.15) is 25.3 Å². The zero-order valence-electron chi connectivity index (χ0n) is 10.7. The molecular weight excluding hydrogens is 248 g/mol. The van der Waals surface area contributed by atoms with E-state index < -0.39 is 10.0 Å². The van der Waals surface area contributed by atoms with Gasteiger partial charge in [-0.05, 0) is 24.5 Å². The standard InChI is InChI=1S/C13H20N2O2S/c1-2-3-8-18(16,17)15-10-12(14)9-11-6-4-5-7-13(11)15/h4-7,12H,2-3,8-10,14H2,1H3. The van der Waals surface area contributed by atoms with Crippen molar-refractivity contribution in [1.82, 2.24) is 0 Å². The number of unbranched alkanes of at least 4 members (excludes halogenated alkanes) is 1. The Morgan fingerprint density at radius 2 is 2.11 bits per heavy atom. The lowest BCUT2D eigenvalue weighted by atomic mass is 10.0. The topological polar surface area (TPSA) is 63.4 Å². The quantitative estimate of drug-likeness (QED) is 0.900. The summed E-state index contributed by atoms with van der Waals surface area (Å²) in [5, 5.41) is 0. The Morgan fingerprint density at radius 3 is 2.83 bits per heavy atom. The molecule has 0 spiro atoms. The number of benzene rings is 1. The Kier molecular flexibility index (Phi) is 3.92. The van der Waals surface area contributed by atoms with Gasteiger partial charge < -0.3 is 5.73 Å². The Morgan fingerprint density at radius 1 is 1.39 bits per heavy atom. The predicted molar refractivity (Wildman–Crippen MR) is 74.2 cm³/mol. The molecule has 4 nitrogen and oxygen atoms in total. The van der Waals surface area contributed by atoms with E-state index in [1.807, 2.05) is 31.2 Å². The number of sulfonamides is 1. The van der Waals surface area contributed by atoms with Gasteiger partial charge in [0.05, 0.1) is 11.4 Å². The largest absolute Gasteiger partial charge is 0.326 e. The fourth-order valence-corrected chi connectivity index (χ4v) is 4.06. The van der Waals surface area contributed by atoms with Crippen LogP contribution in [0.5, 0.6) is 0 Å². The summed E-state index contributed by atoms with van der Waals surface area (Å²) in [6.07, 6.45) is 2.31. The maximum absolute atomic E-state index is 12.3. The van der Waals surface area contributed by atoms with E-state index in [0.717, 1.165) is 24.1 Å². The highest BCUT2D eigenvalue weighted by Crippen LogP contribution is 2.29. The van der Waals surface area contributed by atoms with Gasteiger partial charge >= 0.3 is 0 Å². The summed E-state index contributed by atoms with van der Waals surface area (Å²) in [4.78, 5) is 0. The maximum atomic E-state index is 12.3. The van der Waals surface area contributed by atoms with Crippen molar-refractivity contribution in [2.45, 2.75) is 32.2 Å². The average Bonchev–Trinajstić information content (AvgIpc) is 2.35. The third-order valence-corrected chi connectivity index (χ3v) is 5.06. The SMILES string of the molecule is CCCCS(=O)(=O)N1CC(N)Cc2ccccc21. The van der Waals surface area contributed by atoms with Gasteiger partial charge in [0.25, 0.3) is 0 Å². The normalized spacial score (nSPS) is 19.7. The molecule has 0 fully saturated rings. The van der Waals surface area contributed by atoms with Crippen LogP contribution in [0, 0.1) is 0 Å². The van der Waals surface area contributed by atoms with Crippen LogP contribution in [0.15, 0.2) is 24.3 Å². The molecule has 0 bridgehead atoms. The third kappa shape index (κ3) is 2.67. The minimum atomic E-state index is -3.24. The number of anilines is 1. The van der Waals surface area contributed by atoms with Crippen molar-refractivity contribution in [2.75, 3.05) is 16.6 Å². The predicted octanol–water partition coefficient (Wildman–Crippen LogP) is 1.51. The number of fused-ring (bicyclic) bond motifs is 1. The van der Waals surface area contributed by atoms with Crippen LogP contribution in [0.2, 0.25) is 0 Å². The van der Waals surface area contributed by atoms with E-state index in [-0.39, 0.29) is 11.8 Å². The number of hydrogen-bond donors (Lipinski definition) is 1. The molecule has 0 saturated carbocycles.